The molecule has 1 N–H and O–H groups in total. The van der Waals surface area contributed by atoms with Crippen LogP contribution in [0.5, 0.6) is 5.75 Å². The second kappa shape index (κ2) is 9.80. The van der Waals surface area contributed by atoms with E-state index >= 15 is 0 Å². The largest absolute Gasteiger partial charge is 0.495 e. The van der Waals surface area contributed by atoms with E-state index in [4.69, 9.17) is 32.7 Å². The van der Waals surface area contributed by atoms with Crippen molar-refractivity contribution in [3.05, 3.63) is 58.1 Å². The summed E-state index contributed by atoms with van der Waals surface area (Å²) in [4.78, 5) is 12.5. The van der Waals surface area contributed by atoms with Crippen molar-refractivity contribution in [2.45, 2.75) is 4.90 Å². The summed E-state index contributed by atoms with van der Waals surface area (Å²) in [7, 11) is -2.29. The Labute approximate surface area is 185 Å². The summed E-state index contributed by atoms with van der Waals surface area (Å²) in [5, 5.41) is 3.45. The molecule has 1 fully saturated rings. The third-order valence-electron chi connectivity index (χ3n) is 4.44. The SMILES string of the molecule is COc1ccc(S(=O)(=O)N2CCOCC2)cc1NC(=O)/C=C/c1c(Cl)cccc1Cl. The van der Waals surface area contributed by atoms with Gasteiger partial charge in [0.25, 0.3) is 0 Å². The van der Waals surface area contributed by atoms with Crippen LogP contribution in [0.2, 0.25) is 10.0 Å². The summed E-state index contributed by atoms with van der Waals surface area (Å²) in [5.41, 5.74) is 0.735. The zero-order chi connectivity index (χ0) is 21.7. The van der Waals surface area contributed by atoms with Crippen molar-refractivity contribution in [2.24, 2.45) is 0 Å². The van der Waals surface area contributed by atoms with Crippen LogP contribution in [0.3, 0.4) is 0 Å². The van der Waals surface area contributed by atoms with E-state index in [-0.39, 0.29) is 23.7 Å². The van der Waals surface area contributed by atoms with Crippen LogP contribution in [0, 0.1) is 0 Å². The number of halogens is 2. The molecule has 7 nitrogen and oxygen atoms in total. The lowest BCUT2D eigenvalue weighted by atomic mass is 10.2. The second-order valence-corrected chi connectivity index (χ2v) is 9.09. The van der Waals surface area contributed by atoms with Crippen LogP contribution in [0.15, 0.2) is 47.4 Å². The van der Waals surface area contributed by atoms with E-state index in [1.54, 1.807) is 18.2 Å². The van der Waals surface area contributed by atoms with Gasteiger partial charge in [-0.2, -0.15) is 4.31 Å². The van der Waals surface area contributed by atoms with Crippen LogP contribution >= 0.6 is 23.2 Å². The molecule has 30 heavy (non-hydrogen) atoms. The van der Waals surface area contributed by atoms with Gasteiger partial charge in [0, 0.05) is 34.8 Å². The quantitative estimate of drug-likeness (QED) is 0.650. The maximum atomic E-state index is 12.9. The van der Waals surface area contributed by atoms with Crippen LogP contribution in [0.4, 0.5) is 5.69 Å². The maximum Gasteiger partial charge on any atom is 0.248 e. The van der Waals surface area contributed by atoms with Crippen LogP contribution in [0.1, 0.15) is 5.56 Å². The predicted octanol–water partition coefficient (Wildman–Crippen LogP) is 3.67. The van der Waals surface area contributed by atoms with Crippen LogP contribution in [-0.2, 0) is 19.6 Å². The lowest BCUT2D eigenvalue weighted by Crippen LogP contribution is -2.40. The minimum atomic E-state index is -3.72. The van der Waals surface area contributed by atoms with Gasteiger partial charge in [0.1, 0.15) is 5.75 Å². The fourth-order valence-electron chi connectivity index (χ4n) is 2.88. The number of rotatable bonds is 6. The molecule has 0 bridgehead atoms. The van der Waals surface area contributed by atoms with Gasteiger partial charge in [0.05, 0.1) is 30.9 Å². The Kier molecular flexibility index (Phi) is 7.38. The molecule has 2 aromatic rings. The first kappa shape index (κ1) is 22.6. The smallest absolute Gasteiger partial charge is 0.248 e. The van der Waals surface area contributed by atoms with E-state index < -0.39 is 15.9 Å². The minimum Gasteiger partial charge on any atom is -0.495 e. The highest BCUT2D eigenvalue weighted by Gasteiger charge is 2.27. The van der Waals surface area contributed by atoms with Gasteiger partial charge in [-0.25, -0.2) is 8.42 Å². The molecule has 1 amide bonds. The zero-order valence-corrected chi connectivity index (χ0v) is 18.4. The molecule has 1 aliphatic heterocycles. The average Bonchev–Trinajstić information content (AvgIpc) is 2.74. The monoisotopic (exact) mass is 470 g/mol. The number of hydrogen-bond donors (Lipinski definition) is 1. The number of ether oxygens (including phenoxy) is 2. The fourth-order valence-corrected chi connectivity index (χ4v) is 4.84. The highest BCUT2D eigenvalue weighted by Crippen LogP contribution is 2.30. The average molecular weight is 471 g/mol. The highest BCUT2D eigenvalue weighted by atomic mass is 35.5. The lowest BCUT2D eigenvalue weighted by molar-refractivity contribution is -0.111. The number of carbonyl (C=O) groups excluding carboxylic acids is 1. The number of amides is 1. The van der Waals surface area contributed by atoms with Crippen molar-refractivity contribution >= 4 is 50.9 Å². The molecule has 3 rings (SSSR count). The van der Waals surface area contributed by atoms with E-state index in [1.165, 1.54) is 41.8 Å². The first-order valence-corrected chi connectivity index (χ1v) is 11.2. The summed E-state index contributed by atoms with van der Waals surface area (Å²) in [6.07, 6.45) is 2.75. The molecule has 1 aliphatic rings. The Bertz CT molecular complexity index is 1050. The third-order valence-corrected chi connectivity index (χ3v) is 6.99. The molecule has 10 heteroatoms. The lowest BCUT2D eigenvalue weighted by Gasteiger charge is -2.26. The molecule has 2 aromatic carbocycles. The maximum absolute atomic E-state index is 12.9. The fraction of sp³-hybridized carbons (Fsp3) is 0.250. The summed E-state index contributed by atoms with van der Waals surface area (Å²) in [5.74, 6) is -0.168. The number of morpholine rings is 1. The summed E-state index contributed by atoms with van der Waals surface area (Å²) in [6, 6.07) is 9.34. The van der Waals surface area contributed by atoms with Crippen molar-refractivity contribution in [3.63, 3.8) is 0 Å². The van der Waals surface area contributed by atoms with E-state index in [0.717, 1.165) is 0 Å². The summed E-state index contributed by atoms with van der Waals surface area (Å²) >= 11 is 12.2. The first-order chi connectivity index (χ1) is 14.3. The number of anilines is 1. The van der Waals surface area contributed by atoms with Crippen LogP contribution in [-0.4, -0.2) is 52.0 Å². The number of nitrogens with one attached hydrogen (secondary N) is 1. The number of benzene rings is 2. The number of methoxy groups -OCH3 is 1. The van der Waals surface area contributed by atoms with Crippen molar-refractivity contribution in [3.8, 4) is 5.75 Å². The topological polar surface area (TPSA) is 84.9 Å². The molecule has 0 atom stereocenters. The predicted molar refractivity (Wildman–Crippen MR) is 117 cm³/mol. The standard InChI is InChI=1S/C20H20Cl2N2O5S/c1-28-19-7-5-14(30(26,27)24-9-11-29-12-10-24)13-18(19)23-20(25)8-6-15-16(21)3-2-4-17(15)22/h2-8,13H,9-12H2,1H3,(H,23,25)/b8-6+. The molecule has 160 valence electrons. The van der Waals surface area contributed by atoms with Gasteiger partial charge in [0.15, 0.2) is 0 Å². The van der Waals surface area contributed by atoms with E-state index in [2.05, 4.69) is 5.32 Å². The van der Waals surface area contributed by atoms with Crippen molar-refractivity contribution in [2.75, 3.05) is 38.7 Å². The van der Waals surface area contributed by atoms with Gasteiger partial charge in [0.2, 0.25) is 15.9 Å². The molecule has 0 saturated carbocycles. The Morgan fingerprint density at radius 3 is 2.47 bits per heavy atom. The van der Waals surface area contributed by atoms with Crippen molar-refractivity contribution in [1.29, 1.82) is 0 Å². The Balaban J connectivity index is 1.83. The first-order valence-electron chi connectivity index (χ1n) is 9.02. The molecule has 0 spiro atoms. The van der Waals surface area contributed by atoms with Crippen molar-refractivity contribution < 1.29 is 22.7 Å². The van der Waals surface area contributed by atoms with Gasteiger partial charge in [-0.3, -0.25) is 4.79 Å². The normalized spacial score (nSPS) is 15.3. The Hall–Kier alpha value is -2.10. The van der Waals surface area contributed by atoms with Crippen LogP contribution in [0.25, 0.3) is 6.08 Å². The van der Waals surface area contributed by atoms with Gasteiger partial charge < -0.3 is 14.8 Å². The zero-order valence-electron chi connectivity index (χ0n) is 16.1. The van der Waals surface area contributed by atoms with Gasteiger partial charge in [-0.1, -0.05) is 29.3 Å². The molecular formula is C20H20Cl2N2O5S. The molecule has 0 aliphatic carbocycles. The highest BCUT2D eigenvalue weighted by molar-refractivity contribution is 7.89. The van der Waals surface area contributed by atoms with Crippen molar-refractivity contribution in [1.82, 2.24) is 4.31 Å². The number of hydrogen-bond acceptors (Lipinski definition) is 5. The second-order valence-electron chi connectivity index (χ2n) is 6.34. The molecular weight excluding hydrogens is 451 g/mol. The number of carbonyl (C=O) groups is 1. The van der Waals surface area contributed by atoms with Gasteiger partial charge in [-0.15, -0.1) is 0 Å². The van der Waals surface area contributed by atoms with Gasteiger partial charge >= 0.3 is 0 Å². The van der Waals surface area contributed by atoms with Crippen LogP contribution < -0.4 is 10.1 Å². The van der Waals surface area contributed by atoms with E-state index in [0.29, 0.717) is 34.6 Å². The van der Waals surface area contributed by atoms with E-state index in [1.807, 2.05) is 0 Å². The molecule has 0 aromatic heterocycles. The third kappa shape index (κ3) is 5.14. The van der Waals surface area contributed by atoms with Gasteiger partial charge in [-0.05, 0) is 36.4 Å². The molecule has 1 heterocycles. The Morgan fingerprint density at radius 1 is 1.17 bits per heavy atom. The number of sulfonamides is 1. The molecule has 1 saturated heterocycles. The summed E-state index contributed by atoms with van der Waals surface area (Å²) < 4.78 is 37.6. The molecule has 0 radical (unpaired) electrons. The Morgan fingerprint density at radius 2 is 1.83 bits per heavy atom. The molecule has 0 unspecified atom stereocenters. The minimum absolute atomic E-state index is 0.0543. The van der Waals surface area contributed by atoms with E-state index in [9.17, 15) is 13.2 Å². The number of nitrogens with zero attached hydrogens (tertiary/aromatic N) is 1. The summed E-state index contributed by atoms with van der Waals surface area (Å²) in [6.45, 7) is 1.23.